The average Bonchev–Trinajstić information content (AvgIpc) is 3.29. The molecule has 0 radical (unpaired) electrons. The van der Waals surface area contributed by atoms with Crippen LogP contribution in [0.3, 0.4) is 0 Å². The zero-order valence-electron chi connectivity index (χ0n) is 18.0. The first-order valence-corrected chi connectivity index (χ1v) is 10.6. The normalized spacial score (nSPS) is 14.5. The summed E-state index contributed by atoms with van der Waals surface area (Å²) in [5.41, 5.74) is 3.85. The summed E-state index contributed by atoms with van der Waals surface area (Å²) in [6, 6.07) is 13.1. The second-order valence-corrected chi connectivity index (χ2v) is 8.39. The van der Waals surface area contributed by atoms with Crippen LogP contribution in [0.15, 0.2) is 30.3 Å². The fourth-order valence-corrected chi connectivity index (χ4v) is 4.30. The third-order valence-electron chi connectivity index (χ3n) is 6.12. The van der Waals surface area contributed by atoms with Crippen LogP contribution in [0.1, 0.15) is 68.0 Å². The first kappa shape index (κ1) is 21.1. The van der Waals surface area contributed by atoms with Gasteiger partial charge in [0.2, 0.25) is 5.91 Å². The predicted octanol–water partition coefficient (Wildman–Crippen LogP) is 4.94. The molecule has 1 aromatic carbocycles. The first-order chi connectivity index (χ1) is 13.9. The smallest absolute Gasteiger partial charge is 0.239 e. The van der Waals surface area contributed by atoms with Crippen molar-refractivity contribution in [3.05, 3.63) is 52.7 Å². The van der Waals surface area contributed by atoms with Crippen molar-refractivity contribution in [1.29, 1.82) is 5.26 Å². The van der Waals surface area contributed by atoms with Gasteiger partial charge in [-0.3, -0.25) is 9.69 Å². The number of carbonyl (C=O) groups is 1. The van der Waals surface area contributed by atoms with Crippen molar-refractivity contribution in [2.24, 2.45) is 0 Å². The Hall–Kier alpha value is -2.58. The standard InChI is InChI=1S/C24H32N4O/c1-17(2)27(15-20-10-6-5-7-11-20)16-23(29)26-24-22(14-25)18(3)19(4)28(24)21-12-8-9-13-21/h5-7,10-11,17,21H,8-9,12-13,15-16H2,1-4H3,(H,26,29). The molecule has 1 aliphatic rings. The van der Waals surface area contributed by atoms with Gasteiger partial charge in [-0.25, -0.2) is 0 Å². The zero-order chi connectivity index (χ0) is 21.0. The van der Waals surface area contributed by atoms with Gasteiger partial charge in [0.1, 0.15) is 11.9 Å². The summed E-state index contributed by atoms with van der Waals surface area (Å²) in [6.07, 6.45) is 4.62. The van der Waals surface area contributed by atoms with Gasteiger partial charge in [-0.05, 0) is 51.7 Å². The molecule has 1 saturated carbocycles. The number of anilines is 1. The van der Waals surface area contributed by atoms with Crippen molar-refractivity contribution in [3.63, 3.8) is 0 Å². The third-order valence-corrected chi connectivity index (χ3v) is 6.12. The van der Waals surface area contributed by atoms with E-state index in [1.807, 2.05) is 25.1 Å². The molecule has 0 unspecified atom stereocenters. The fraction of sp³-hybridized carbons (Fsp3) is 0.500. The molecule has 5 nitrogen and oxygen atoms in total. The molecule has 5 heteroatoms. The molecule has 1 aromatic heterocycles. The molecule has 3 rings (SSSR count). The van der Waals surface area contributed by atoms with E-state index in [2.05, 4.69) is 53.8 Å². The lowest BCUT2D eigenvalue weighted by atomic mass is 10.2. The predicted molar refractivity (Wildman–Crippen MR) is 117 cm³/mol. The lowest BCUT2D eigenvalue weighted by molar-refractivity contribution is -0.117. The summed E-state index contributed by atoms with van der Waals surface area (Å²) in [7, 11) is 0. The Balaban J connectivity index is 1.80. The van der Waals surface area contributed by atoms with Gasteiger partial charge >= 0.3 is 0 Å². The van der Waals surface area contributed by atoms with E-state index in [0.717, 1.165) is 30.6 Å². The number of nitriles is 1. The van der Waals surface area contributed by atoms with E-state index in [1.54, 1.807) is 0 Å². The van der Waals surface area contributed by atoms with Gasteiger partial charge in [0.25, 0.3) is 0 Å². The second-order valence-electron chi connectivity index (χ2n) is 8.39. The van der Waals surface area contributed by atoms with E-state index >= 15 is 0 Å². The number of aromatic nitrogens is 1. The molecule has 0 bridgehead atoms. The monoisotopic (exact) mass is 392 g/mol. The quantitative estimate of drug-likeness (QED) is 0.726. The number of hydrogen-bond acceptors (Lipinski definition) is 3. The van der Waals surface area contributed by atoms with Crippen LogP contribution in [0, 0.1) is 25.2 Å². The molecule has 29 heavy (non-hydrogen) atoms. The minimum absolute atomic E-state index is 0.0668. The highest BCUT2D eigenvalue weighted by atomic mass is 16.2. The number of amides is 1. The average molecular weight is 393 g/mol. The first-order valence-electron chi connectivity index (χ1n) is 10.6. The molecule has 0 saturated heterocycles. The molecule has 1 heterocycles. The van der Waals surface area contributed by atoms with Gasteiger partial charge in [0, 0.05) is 24.3 Å². The third kappa shape index (κ3) is 4.71. The van der Waals surface area contributed by atoms with Crippen molar-refractivity contribution in [2.45, 2.75) is 72.0 Å². The Morgan fingerprint density at radius 3 is 2.48 bits per heavy atom. The number of nitrogens with one attached hydrogen (secondary N) is 1. The molecular formula is C24H32N4O. The molecule has 0 atom stereocenters. The molecule has 1 fully saturated rings. The number of hydrogen-bond donors (Lipinski definition) is 1. The molecule has 1 N–H and O–H groups in total. The molecule has 1 amide bonds. The lowest BCUT2D eigenvalue weighted by Gasteiger charge is -2.26. The second kappa shape index (κ2) is 9.28. The highest BCUT2D eigenvalue weighted by Gasteiger charge is 2.27. The van der Waals surface area contributed by atoms with E-state index < -0.39 is 0 Å². The largest absolute Gasteiger partial charge is 0.327 e. The van der Waals surface area contributed by atoms with E-state index in [1.165, 1.54) is 18.4 Å². The van der Waals surface area contributed by atoms with Crippen molar-refractivity contribution in [2.75, 3.05) is 11.9 Å². The van der Waals surface area contributed by atoms with Crippen LogP contribution in [-0.4, -0.2) is 28.0 Å². The maximum atomic E-state index is 13.0. The Morgan fingerprint density at radius 1 is 1.24 bits per heavy atom. The molecule has 2 aromatic rings. The van der Waals surface area contributed by atoms with Crippen LogP contribution < -0.4 is 5.32 Å². The van der Waals surface area contributed by atoms with Crippen LogP contribution >= 0.6 is 0 Å². The Labute approximate surface area is 174 Å². The summed E-state index contributed by atoms with van der Waals surface area (Å²) in [5, 5.41) is 12.8. The van der Waals surface area contributed by atoms with Crippen LogP contribution in [0.4, 0.5) is 5.82 Å². The van der Waals surface area contributed by atoms with Crippen molar-refractivity contribution in [3.8, 4) is 6.07 Å². The van der Waals surface area contributed by atoms with E-state index in [9.17, 15) is 10.1 Å². The number of carbonyl (C=O) groups excluding carboxylic acids is 1. The van der Waals surface area contributed by atoms with E-state index in [0.29, 0.717) is 24.0 Å². The molecule has 0 spiro atoms. The number of nitrogens with zero attached hydrogens (tertiary/aromatic N) is 3. The highest BCUT2D eigenvalue weighted by molar-refractivity contribution is 5.93. The number of rotatable bonds is 7. The molecule has 1 aliphatic carbocycles. The van der Waals surface area contributed by atoms with Gasteiger partial charge in [0.05, 0.1) is 12.1 Å². The fourth-order valence-electron chi connectivity index (χ4n) is 4.30. The van der Waals surface area contributed by atoms with E-state index in [-0.39, 0.29) is 11.9 Å². The van der Waals surface area contributed by atoms with Crippen LogP contribution in [0.25, 0.3) is 0 Å². The Morgan fingerprint density at radius 2 is 1.90 bits per heavy atom. The minimum atomic E-state index is -0.0668. The Bertz CT molecular complexity index is 886. The van der Waals surface area contributed by atoms with Gasteiger partial charge in [-0.2, -0.15) is 5.26 Å². The maximum absolute atomic E-state index is 13.0. The summed E-state index contributed by atoms with van der Waals surface area (Å²) >= 11 is 0. The van der Waals surface area contributed by atoms with E-state index in [4.69, 9.17) is 0 Å². The maximum Gasteiger partial charge on any atom is 0.239 e. The van der Waals surface area contributed by atoms with Gasteiger partial charge in [-0.1, -0.05) is 43.2 Å². The molecule has 0 aliphatic heterocycles. The van der Waals surface area contributed by atoms with Crippen LogP contribution in [0.2, 0.25) is 0 Å². The van der Waals surface area contributed by atoms with Crippen molar-refractivity contribution < 1.29 is 4.79 Å². The summed E-state index contributed by atoms with van der Waals surface area (Å²) < 4.78 is 2.20. The van der Waals surface area contributed by atoms with Crippen molar-refractivity contribution in [1.82, 2.24) is 9.47 Å². The summed E-state index contributed by atoms with van der Waals surface area (Å²) in [6.45, 7) is 9.26. The summed E-state index contributed by atoms with van der Waals surface area (Å²) in [4.78, 5) is 15.1. The molecule has 154 valence electrons. The minimum Gasteiger partial charge on any atom is -0.327 e. The molecular weight excluding hydrogens is 360 g/mol. The topological polar surface area (TPSA) is 61.1 Å². The van der Waals surface area contributed by atoms with Crippen LogP contribution in [-0.2, 0) is 11.3 Å². The Kier molecular flexibility index (Phi) is 6.76. The summed E-state index contributed by atoms with van der Waals surface area (Å²) in [5.74, 6) is 0.616. The lowest BCUT2D eigenvalue weighted by Crippen LogP contribution is -2.38. The highest BCUT2D eigenvalue weighted by Crippen LogP contribution is 2.37. The van der Waals surface area contributed by atoms with Crippen LogP contribution in [0.5, 0.6) is 0 Å². The zero-order valence-corrected chi connectivity index (χ0v) is 18.0. The van der Waals surface area contributed by atoms with Crippen molar-refractivity contribution >= 4 is 11.7 Å². The van der Waals surface area contributed by atoms with Gasteiger partial charge in [-0.15, -0.1) is 0 Å². The SMILES string of the molecule is Cc1c(C#N)c(NC(=O)CN(Cc2ccccc2)C(C)C)n(C2CCCC2)c1C. The number of benzene rings is 1. The van der Waals surface area contributed by atoms with Gasteiger partial charge in [0.15, 0.2) is 0 Å². The van der Waals surface area contributed by atoms with Gasteiger partial charge < -0.3 is 9.88 Å².